The minimum atomic E-state index is -3.80. The Kier molecular flexibility index (Phi) is 7.52. The maximum absolute atomic E-state index is 13.1. The number of piperidine rings is 1. The van der Waals surface area contributed by atoms with E-state index >= 15 is 0 Å². The van der Waals surface area contributed by atoms with Crippen LogP contribution in [-0.2, 0) is 14.8 Å². The molecule has 0 aromatic heterocycles. The smallest absolute Gasteiger partial charge is 0.246 e. The SMILES string of the molecule is CCOc1ccc(Cl)cc1S(=O)(=O)N1CCC(C(=O)Nc2cc(Cl)cc(Cl)c2)CC1. The van der Waals surface area contributed by atoms with Crippen molar-refractivity contribution in [2.24, 2.45) is 5.92 Å². The van der Waals surface area contributed by atoms with E-state index in [0.717, 1.165) is 0 Å². The molecule has 0 bridgehead atoms. The van der Waals surface area contributed by atoms with Gasteiger partial charge in [0.25, 0.3) is 0 Å². The lowest BCUT2D eigenvalue weighted by Crippen LogP contribution is -2.41. The van der Waals surface area contributed by atoms with Gasteiger partial charge in [0, 0.05) is 39.8 Å². The third-order valence-corrected chi connectivity index (χ3v) is 7.37. The van der Waals surface area contributed by atoms with Crippen molar-refractivity contribution < 1.29 is 17.9 Å². The molecule has 0 unspecified atom stereocenters. The van der Waals surface area contributed by atoms with E-state index in [0.29, 0.717) is 40.2 Å². The lowest BCUT2D eigenvalue weighted by Gasteiger charge is -2.31. The van der Waals surface area contributed by atoms with Crippen LogP contribution in [-0.4, -0.2) is 38.3 Å². The van der Waals surface area contributed by atoms with Gasteiger partial charge < -0.3 is 10.1 Å². The number of benzene rings is 2. The molecule has 1 saturated heterocycles. The summed E-state index contributed by atoms with van der Waals surface area (Å²) in [5, 5.41) is 3.95. The molecule has 0 radical (unpaired) electrons. The van der Waals surface area contributed by atoms with Crippen LogP contribution < -0.4 is 10.1 Å². The number of halogens is 3. The summed E-state index contributed by atoms with van der Waals surface area (Å²) in [5.41, 5.74) is 0.507. The van der Waals surface area contributed by atoms with Crippen molar-refractivity contribution in [3.05, 3.63) is 51.5 Å². The average molecular weight is 492 g/mol. The summed E-state index contributed by atoms with van der Waals surface area (Å²) in [4.78, 5) is 12.6. The maximum atomic E-state index is 13.1. The van der Waals surface area contributed by atoms with E-state index in [4.69, 9.17) is 39.5 Å². The van der Waals surface area contributed by atoms with Crippen molar-refractivity contribution >= 4 is 56.4 Å². The zero-order chi connectivity index (χ0) is 21.9. The van der Waals surface area contributed by atoms with Gasteiger partial charge in [0.15, 0.2) is 0 Å². The van der Waals surface area contributed by atoms with Crippen LogP contribution in [0, 0.1) is 5.92 Å². The molecule has 0 atom stereocenters. The molecule has 30 heavy (non-hydrogen) atoms. The fourth-order valence-electron chi connectivity index (χ4n) is 3.33. The minimum Gasteiger partial charge on any atom is -0.492 e. The zero-order valence-electron chi connectivity index (χ0n) is 16.2. The first-order valence-corrected chi connectivity index (χ1v) is 12.0. The molecule has 0 aliphatic carbocycles. The Labute approximate surface area is 191 Å². The summed E-state index contributed by atoms with van der Waals surface area (Å²) >= 11 is 17.9. The standard InChI is InChI=1S/C20H21Cl3N2O4S/c1-2-29-18-4-3-14(21)12-19(18)30(27,28)25-7-5-13(6-8-25)20(26)24-17-10-15(22)9-16(23)11-17/h3-4,9-13H,2,5-8H2,1H3,(H,24,26). The second-order valence-corrected chi connectivity index (χ2v) is 10.1. The minimum absolute atomic E-state index is 0.0355. The summed E-state index contributed by atoms with van der Waals surface area (Å²) in [6, 6.07) is 9.33. The van der Waals surface area contributed by atoms with Gasteiger partial charge in [-0.3, -0.25) is 4.79 Å². The number of nitrogens with zero attached hydrogens (tertiary/aromatic N) is 1. The molecule has 1 amide bonds. The van der Waals surface area contributed by atoms with Crippen molar-refractivity contribution in [1.29, 1.82) is 0 Å². The topological polar surface area (TPSA) is 75.7 Å². The third-order valence-electron chi connectivity index (χ3n) is 4.78. The number of anilines is 1. The van der Waals surface area contributed by atoms with E-state index in [1.54, 1.807) is 37.3 Å². The first kappa shape index (κ1) is 23.2. The first-order valence-electron chi connectivity index (χ1n) is 9.40. The van der Waals surface area contributed by atoms with Crippen molar-refractivity contribution in [3.8, 4) is 5.75 Å². The van der Waals surface area contributed by atoms with Gasteiger partial charge in [0.05, 0.1) is 6.61 Å². The van der Waals surface area contributed by atoms with Crippen LogP contribution in [0.5, 0.6) is 5.75 Å². The Balaban J connectivity index is 1.69. The van der Waals surface area contributed by atoms with Crippen LogP contribution in [0.15, 0.2) is 41.3 Å². The molecule has 1 heterocycles. The van der Waals surface area contributed by atoms with Gasteiger partial charge in [0.1, 0.15) is 10.6 Å². The number of ether oxygens (including phenoxy) is 1. The van der Waals surface area contributed by atoms with E-state index in [-0.39, 0.29) is 35.6 Å². The Hall–Kier alpha value is -1.51. The molecule has 2 aromatic rings. The number of carbonyl (C=O) groups excluding carboxylic acids is 1. The second kappa shape index (κ2) is 9.75. The lowest BCUT2D eigenvalue weighted by molar-refractivity contribution is -0.120. The molecule has 10 heteroatoms. The number of hydrogen-bond donors (Lipinski definition) is 1. The quantitative estimate of drug-likeness (QED) is 0.611. The highest BCUT2D eigenvalue weighted by molar-refractivity contribution is 7.89. The van der Waals surface area contributed by atoms with Gasteiger partial charge in [-0.05, 0) is 56.2 Å². The average Bonchev–Trinajstić information content (AvgIpc) is 2.68. The highest BCUT2D eigenvalue weighted by Crippen LogP contribution is 2.32. The van der Waals surface area contributed by atoms with Gasteiger partial charge in [-0.25, -0.2) is 8.42 Å². The van der Waals surface area contributed by atoms with Crippen LogP contribution in [0.3, 0.4) is 0 Å². The van der Waals surface area contributed by atoms with Gasteiger partial charge >= 0.3 is 0 Å². The number of sulfonamides is 1. The summed E-state index contributed by atoms with van der Waals surface area (Å²) in [5.74, 6) is -0.248. The van der Waals surface area contributed by atoms with Crippen LogP contribution in [0.4, 0.5) is 5.69 Å². The third kappa shape index (κ3) is 5.39. The Morgan fingerprint density at radius 3 is 2.30 bits per heavy atom. The van der Waals surface area contributed by atoms with Gasteiger partial charge in [-0.1, -0.05) is 34.8 Å². The van der Waals surface area contributed by atoms with Crippen molar-refractivity contribution in [3.63, 3.8) is 0 Å². The van der Waals surface area contributed by atoms with E-state index in [1.807, 2.05) is 0 Å². The number of nitrogens with one attached hydrogen (secondary N) is 1. The van der Waals surface area contributed by atoms with Crippen LogP contribution >= 0.6 is 34.8 Å². The number of rotatable bonds is 6. The highest BCUT2D eigenvalue weighted by Gasteiger charge is 2.34. The van der Waals surface area contributed by atoms with Crippen molar-refractivity contribution in [2.45, 2.75) is 24.7 Å². The van der Waals surface area contributed by atoms with Gasteiger partial charge in [0.2, 0.25) is 15.9 Å². The van der Waals surface area contributed by atoms with Crippen LogP contribution in [0.25, 0.3) is 0 Å². The maximum Gasteiger partial charge on any atom is 0.246 e. The van der Waals surface area contributed by atoms with E-state index in [9.17, 15) is 13.2 Å². The molecule has 3 rings (SSSR count). The van der Waals surface area contributed by atoms with Crippen molar-refractivity contribution in [1.82, 2.24) is 4.31 Å². The molecule has 1 fully saturated rings. The first-order chi connectivity index (χ1) is 14.2. The van der Waals surface area contributed by atoms with Crippen molar-refractivity contribution in [2.75, 3.05) is 25.0 Å². The monoisotopic (exact) mass is 490 g/mol. The second-order valence-electron chi connectivity index (χ2n) is 6.85. The van der Waals surface area contributed by atoms with E-state index in [1.165, 1.54) is 10.4 Å². The molecule has 0 saturated carbocycles. The molecule has 1 aliphatic heterocycles. The molecule has 2 aromatic carbocycles. The molecule has 162 valence electrons. The molecular weight excluding hydrogens is 471 g/mol. The fourth-order valence-corrected chi connectivity index (χ4v) is 5.72. The Morgan fingerprint density at radius 1 is 1.07 bits per heavy atom. The molecular formula is C20H21Cl3N2O4S. The summed E-state index contributed by atoms with van der Waals surface area (Å²) in [6.07, 6.45) is 0.786. The molecule has 1 aliphatic rings. The number of amides is 1. The fraction of sp³-hybridized carbons (Fsp3) is 0.350. The Morgan fingerprint density at radius 2 is 1.70 bits per heavy atom. The Bertz CT molecular complexity index is 1020. The number of hydrogen-bond acceptors (Lipinski definition) is 4. The normalized spacial score (nSPS) is 15.7. The zero-order valence-corrected chi connectivity index (χ0v) is 19.3. The summed E-state index contributed by atoms with van der Waals surface area (Å²) in [7, 11) is -3.80. The highest BCUT2D eigenvalue weighted by atomic mass is 35.5. The van der Waals surface area contributed by atoms with Gasteiger partial charge in [-0.2, -0.15) is 4.31 Å². The molecule has 0 spiro atoms. The predicted molar refractivity (Wildman–Crippen MR) is 119 cm³/mol. The summed E-state index contributed by atoms with van der Waals surface area (Å²) in [6.45, 7) is 2.55. The largest absolute Gasteiger partial charge is 0.492 e. The molecule has 6 nitrogen and oxygen atoms in total. The number of carbonyl (C=O) groups is 1. The van der Waals surface area contributed by atoms with Crippen LogP contribution in [0.2, 0.25) is 15.1 Å². The van der Waals surface area contributed by atoms with Gasteiger partial charge in [-0.15, -0.1) is 0 Å². The van der Waals surface area contributed by atoms with E-state index in [2.05, 4.69) is 5.32 Å². The summed E-state index contributed by atoms with van der Waals surface area (Å²) < 4.78 is 33.1. The lowest BCUT2D eigenvalue weighted by atomic mass is 9.97. The van der Waals surface area contributed by atoms with E-state index < -0.39 is 10.0 Å². The predicted octanol–water partition coefficient (Wildman–Crippen LogP) is 5.08. The molecule has 1 N–H and O–H groups in total. The van der Waals surface area contributed by atoms with Crippen LogP contribution in [0.1, 0.15) is 19.8 Å².